The second-order valence-corrected chi connectivity index (χ2v) is 6.27. The van der Waals surface area contributed by atoms with Gasteiger partial charge in [-0.2, -0.15) is 0 Å². The third-order valence-corrected chi connectivity index (χ3v) is 4.63. The Bertz CT molecular complexity index is 655. The van der Waals surface area contributed by atoms with Crippen molar-refractivity contribution in [2.75, 3.05) is 6.61 Å². The minimum Gasteiger partial charge on any atom is -0.492 e. The van der Waals surface area contributed by atoms with Crippen molar-refractivity contribution >= 4 is 46.4 Å². The average Bonchev–Trinajstić information content (AvgIpc) is 2.45. The van der Waals surface area contributed by atoms with E-state index < -0.39 is 5.38 Å². The maximum absolute atomic E-state index is 6.54. The fourth-order valence-electron chi connectivity index (χ4n) is 2.01. The van der Waals surface area contributed by atoms with Gasteiger partial charge in [-0.3, -0.25) is 0 Å². The molecule has 0 aliphatic carbocycles. The van der Waals surface area contributed by atoms with Gasteiger partial charge < -0.3 is 4.74 Å². The Hall–Kier alpha value is -0.600. The Kier molecular flexibility index (Phi) is 5.67. The fraction of sp³-hybridized carbons (Fsp3) is 0.250. The Morgan fingerprint density at radius 2 is 1.71 bits per heavy atom. The molecule has 21 heavy (non-hydrogen) atoms. The van der Waals surface area contributed by atoms with Crippen LogP contribution in [0.5, 0.6) is 5.75 Å². The van der Waals surface area contributed by atoms with Crippen LogP contribution < -0.4 is 4.74 Å². The normalized spacial score (nSPS) is 12.3. The van der Waals surface area contributed by atoms with Gasteiger partial charge in [0.2, 0.25) is 0 Å². The molecule has 5 heteroatoms. The first-order valence-corrected chi connectivity index (χ1v) is 8.03. The highest BCUT2D eigenvalue weighted by Gasteiger charge is 2.18. The van der Waals surface area contributed by atoms with Gasteiger partial charge >= 0.3 is 0 Å². The number of hydrogen-bond donors (Lipinski definition) is 0. The van der Waals surface area contributed by atoms with Crippen LogP contribution in [0.15, 0.2) is 30.3 Å². The third kappa shape index (κ3) is 3.78. The predicted molar refractivity (Wildman–Crippen MR) is 91.5 cm³/mol. The highest BCUT2D eigenvalue weighted by atomic mass is 35.5. The molecule has 0 saturated carbocycles. The summed E-state index contributed by atoms with van der Waals surface area (Å²) in [5, 5.41) is 1.32. The predicted octanol–water partition coefficient (Wildman–Crippen LogP) is 6.68. The minimum atomic E-state index is -0.401. The van der Waals surface area contributed by atoms with Crippen LogP contribution in [0, 0.1) is 6.92 Å². The van der Waals surface area contributed by atoms with E-state index in [1.807, 2.05) is 32.0 Å². The van der Waals surface area contributed by atoms with E-state index in [1.165, 1.54) is 0 Å². The zero-order valence-corrected chi connectivity index (χ0v) is 14.6. The van der Waals surface area contributed by atoms with Crippen molar-refractivity contribution < 1.29 is 4.74 Å². The average molecular weight is 364 g/mol. The highest BCUT2D eigenvalue weighted by molar-refractivity contribution is 6.36. The number of hydrogen-bond acceptors (Lipinski definition) is 1. The Morgan fingerprint density at radius 3 is 2.33 bits per heavy atom. The Balaban J connectivity index is 2.40. The van der Waals surface area contributed by atoms with E-state index in [1.54, 1.807) is 12.1 Å². The van der Waals surface area contributed by atoms with Gasteiger partial charge in [-0.25, -0.2) is 0 Å². The van der Waals surface area contributed by atoms with Crippen molar-refractivity contribution in [1.29, 1.82) is 0 Å². The van der Waals surface area contributed by atoms with E-state index in [-0.39, 0.29) is 0 Å². The molecule has 0 N–H and O–H groups in total. The van der Waals surface area contributed by atoms with Crippen molar-refractivity contribution in [3.05, 3.63) is 62.1 Å². The molecule has 0 heterocycles. The monoisotopic (exact) mass is 362 g/mol. The molecule has 0 aliphatic heterocycles. The van der Waals surface area contributed by atoms with E-state index in [2.05, 4.69) is 0 Å². The zero-order chi connectivity index (χ0) is 15.6. The van der Waals surface area contributed by atoms with Gasteiger partial charge in [0.15, 0.2) is 0 Å². The number of ether oxygens (including phenoxy) is 1. The van der Waals surface area contributed by atoms with Gasteiger partial charge in [-0.1, -0.05) is 46.9 Å². The van der Waals surface area contributed by atoms with Crippen molar-refractivity contribution in [1.82, 2.24) is 0 Å². The first-order chi connectivity index (χ1) is 9.93. The van der Waals surface area contributed by atoms with E-state index in [9.17, 15) is 0 Å². The highest BCUT2D eigenvalue weighted by Crippen LogP contribution is 2.39. The summed E-state index contributed by atoms with van der Waals surface area (Å²) in [5.41, 5.74) is 2.63. The van der Waals surface area contributed by atoms with Crippen molar-refractivity contribution in [2.45, 2.75) is 19.2 Å². The summed E-state index contributed by atoms with van der Waals surface area (Å²) in [6.07, 6.45) is 0. The molecule has 0 bridgehead atoms. The zero-order valence-electron chi connectivity index (χ0n) is 11.6. The topological polar surface area (TPSA) is 9.23 Å². The van der Waals surface area contributed by atoms with Gasteiger partial charge in [0.1, 0.15) is 5.75 Å². The third-order valence-electron chi connectivity index (χ3n) is 3.10. The SMILES string of the molecule is CCOc1cc(Cl)c(C(Cl)c2ccc(Cl)c(C)c2)cc1Cl. The second kappa shape index (κ2) is 7.11. The van der Waals surface area contributed by atoms with Crippen molar-refractivity contribution in [2.24, 2.45) is 0 Å². The molecular weight excluding hydrogens is 350 g/mol. The number of halogens is 4. The molecule has 0 aromatic heterocycles. The van der Waals surface area contributed by atoms with Crippen molar-refractivity contribution in [3.8, 4) is 5.75 Å². The van der Waals surface area contributed by atoms with E-state index in [4.69, 9.17) is 51.1 Å². The lowest BCUT2D eigenvalue weighted by molar-refractivity contribution is 0.340. The molecule has 1 atom stereocenters. The lowest BCUT2D eigenvalue weighted by atomic mass is 10.0. The van der Waals surface area contributed by atoms with Gasteiger partial charge in [-0.05, 0) is 42.7 Å². The summed E-state index contributed by atoms with van der Waals surface area (Å²) < 4.78 is 5.42. The van der Waals surface area contributed by atoms with Gasteiger partial charge in [0.05, 0.1) is 17.0 Å². The number of aryl methyl sites for hydroxylation is 1. The van der Waals surface area contributed by atoms with E-state index >= 15 is 0 Å². The van der Waals surface area contributed by atoms with Crippen LogP contribution >= 0.6 is 46.4 Å². The fourth-order valence-corrected chi connectivity index (χ4v) is 2.99. The molecule has 1 unspecified atom stereocenters. The molecule has 2 aromatic carbocycles. The van der Waals surface area contributed by atoms with E-state index in [0.29, 0.717) is 27.4 Å². The molecule has 0 aliphatic rings. The molecule has 0 radical (unpaired) electrons. The number of rotatable bonds is 4. The van der Waals surface area contributed by atoms with Gasteiger partial charge in [0.25, 0.3) is 0 Å². The molecule has 0 spiro atoms. The van der Waals surface area contributed by atoms with Crippen LogP contribution in [-0.2, 0) is 0 Å². The molecule has 2 rings (SSSR count). The van der Waals surface area contributed by atoms with Crippen molar-refractivity contribution in [3.63, 3.8) is 0 Å². The van der Waals surface area contributed by atoms with Crippen LogP contribution in [0.4, 0.5) is 0 Å². The quantitative estimate of drug-likeness (QED) is 0.550. The van der Waals surface area contributed by atoms with Crippen LogP contribution in [0.1, 0.15) is 29.0 Å². The lowest BCUT2D eigenvalue weighted by Crippen LogP contribution is -1.98. The van der Waals surface area contributed by atoms with Crippen LogP contribution in [-0.4, -0.2) is 6.61 Å². The van der Waals surface area contributed by atoms with Crippen LogP contribution in [0.25, 0.3) is 0 Å². The maximum atomic E-state index is 6.54. The minimum absolute atomic E-state index is 0.401. The Morgan fingerprint density at radius 1 is 1.00 bits per heavy atom. The molecule has 2 aromatic rings. The van der Waals surface area contributed by atoms with Crippen LogP contribution in [0.3, 0.4) is 0 Å². The summed E-state index contributed by atoms with van der Waals surface area (Å²) >= 11 is 25.1. The summed E-state index contributed by atoms with van der Waals surface area (Å²) in [5.74, 6) is 0.559. The van der Waals surface area contributed by atoms with E-state index in [0.717, 1.165) is 16.7 Å². The summed E-state index contributed by atoms with van der Waals surface area (Å²) in [7, 11) is 0. The van der Waals surface area contributed by atoms with Gasteiger partial charge in [0, 0.05) is 16.1 Å². The molecule has 0 amide bonds. The number of benzene rings is 2. The summed E-state index contributed by atoms with van der Waals surface area (Å²) in [4.78, 5) is 0. The lowest BCUT2D eigenvalue weighted by Gasteiger charge is -2.15. The standard InChI is InChI=1S/C16H14Cl4O/c1-3-21-15-8-13(18)11(7-14(15)19)16(20)10-4-5-12(17)9(2)6-10/h4-8,16H,3H2,1-2H3. The number of alkyl halides is 1. The summed E-state index contributed by atoms with van der Waals surface area (Å²) in [6, 6.07) is 9.09. The molecule has 1 nitrogen and oxygen atoms in total. The summed E-state index contributed by atoms with van der Waals surface area (Å²) in [6.45, 7) is 4.34. The largest absolute Gasteiger partial charge is 0.492 e. The van der Waals surface area contributed by atoms with Gasteiger partial charge in [-0.15, -0.1) is 11.6 Å². The first kappa shape index (κ1) is 16.8. The molecular formula is C16H14Cl4O. The smallest absolute Gasteiger partial charge is 0.139 e. The molecule has 0 saturated heterocycles. The molecule has 112 valence electrons. The van der Waals surface area contributed by atoms with Crippen LogP contribution in [0.2, 0.25) is 15.1 Å². The second-order valence-electron chi connectivity index (χ2n) is 4.61. The molecule has 0 fully saturated rings. The Labute approximate surface area is 144 Å². The first-order valence-electron chi connectivity index (χ1n) is 6.46. The maximum Gasteiger partial charge on any atom is 0.139 e.